The molecule has 0 fully saturated rings. The highest BCUT2D eigenvalue weighted by Crippen LogP contribution is 2.21. The molecule has 3 heteroatoms. The Hall–Kier alpha value is -1.51. The smallest absolute Gasteiger partial charge is 0.237 e. The predicted octanol–water partition coefficient (Wildman–Crippen LogP) is 0.859. The van der Waals surface area contributed by atoms with Gasteiger partial charge in [0.15, 0.2) is 0 Å². The Labute approximate surface area is 64.2 Å². The Kier molecular flexibility index (Phi) is 2.11. The lowest BCUT2D eigenvalue weighted by atomic mass is 10.2. The van der Waals surface area contributed by atoms with E-state index in [1.54, 1.807) is 12.4 Å². The average Bonchev–Trinajstić information content (AvgIpc) is 2.04. The fraction of sp³-hybridized carbons (Fsp3) is 0.125. The third-order valence-electron chi connectivity index (χ3n) is 1.31. The van der Waals surface area contributed by atoms with Crippen LogP contribution in [0.3, 0.4) is 0 Å². The number of benzene rings is 1. The van der Waals surface area contributed by atoms with Crippen LogP contribution in [0.1, 0.15) is 5.56 Å². The molecule has 0 aliphatic rings. The van der Waals surface area contributed by atoms with Gasteiger partial charge in [-0.3, -0.25) is 4.79 Å². The highest BCUT2D eigenvalue weighted by molar-refractivity contribution is 5.79. The second-order valence-corrected chi connectivity index (χ2v) is 1.99. The summed E-state index contributed by atoms with van der Waals surface area (Å²) in [5.41, 5.74) is 0.144. The van der Waals surface area contributed by atoms with Crippen LogP contribution in [0.4, 0.5) is 0 Å². The third-order valence-corrected chi connectivity index (χ3v) is 1.31. The fourth-order valence-corrected chi connectivity index (χ4v) is 0.725. The van der Waals surface area contributed by atoms with Crippen molar-refractivity contribution in [3.8, 4) is 11.5 Å². The molecule has 1 aromatic rings. The SMILES string of the molecule is COc1ccc([C]=O)c(O)c1. The molecular weight excluding hydrogens is 144 g/mol. The van der Waals surface area contributed by atoms with Gasteiger partial charge in [-0.1, -0.05) is 0 Å². The van der Waals surface area contributed by atoms with E-state index in [1.165, 1.54) is 19.2 Å². The first-order chi connectivity index (χ1) is 5.27. The van der Waals surface area contributed by atoms with E-state index in [1.807, 2.05) is 0 Å². The van der Waals surface area contributed by atoms with Crippen LogP contribution >= 0.6 is 0 Å². The Morgan fingerprint density at radius 2 is 2.27 bits per heavy atom. The Morgan fingerprint density at radius 1 is 1.55 bits per heavy atom. The number of carbonyl (C=O) groups excluding carboxylic acids is 1. The minimum atomic E-state index is -0.112. The number of phenolic OH excluding ortho intramolecular Hbond substituents is 1. The summed E-state index contributed by atoms with van der Waals surface area (Å²) in [7, 11) is 1.49. The first-order valence-electron chi connectivity index (χ1n) is 3.03. The van der Waals surface area contributed by atoms with Crippen molar-refractivity contribution < 1.29 is 14.6 Å². The van der Waals surface area contributed by atoms with Crippen LogP contribution in [0, 0.1) is 0 Å². The molecule has 1 rings (SSSR count). The van der Waals surface area contributed by atoms with E-state index in [9.17, 15) is 4.79 Å². The highest BCUT2D eigenvalue weighted by Gasteiger charge is 2.00. The quantitative estimate of drug-likeness (QED) is 0.681. The molecular formula is C8H7O3. The second kappa shape index (κ2) is 3.05. The molecule has 3 nitrogen and oxygen atoms in total. The summed E-state index contributed by atoms with van der Waals surface area (Å²) < 4.78 is 4.80. The molecule has 0 heterocycles. The standard InChI is InChI=1S/C8H7O3/c1-11-7-3-2-6(5-9)8(10)4-7/h2-4,10H,1H3. The van der Waals surface area contributed by atoms with Gasteiger partial charge in [0, 0.05) is 6.07 Å². The Balaban J connectivity index is 3.09. The van der Waals surface area contributed by atoms with Crippen molar-refractivity contribution in [1.29, 1.82) is 0 Å². The summed E-state index contributed by atoms with van der Waals surface area (Å²) in [6.45, 7) is 0. The summed E-state index contributed by atoms with van der Waals surface area (Å²) in [5, 5.41) is 9.08. The van der Waals surface area contributed by atoms with Crippen molar-refractivity contribution in [2.24, 2.45) is 0 Å². The molecule has 1 N–H and O–H groups in total. The van der Waals surface area contributed by atoms with Crippen molar-refractivity contribution in [3.05, 3.63) is 23.8 Å². The molecule has 0 unspecified atom stereocenters. The number of phenols is 1. The van der Waals surface area contributed by atoms with Crippen molar-refractivity contribution in [3.63, 3.8) is 0 Å². The largest absolute Gasteiger partial charge is 0.507 e. The molecule has 0 spiro atoms. The topological polar surface area (TPSA) is 46.5 Å². The fourth-order valence-electron chi connectivity index (χ4n) is 0.725. The monoisotopic (exact) mass is 151 g/mol. The maximum absolute atomic E-state index is 10.1. The van der Waals surface area contributed by atoms with Crippen LogP contribution in [-0.2, 0) is 4.79 Å². The average molecular weight is 151 g/mol. The summed E-state index contributed by atoms with van der Waals surface area (Å²) in [5.74, 6) is 0.404. The molecule has 1 radical (unpaired) electrons. The van der Waals surface area contributed by atoms with Gasteiger partial charge in [0.05, 0.1) is 12.7 Å². The summed E-state index contributed by atoms with van der Waals surface area (Å²) in [6, 6.07) is 4.39. The molecule has 0 aliphatic carbocycles. The lowest BCUT2D eigenvalue weighted by Crippen LogP contribution is -1.85. The molecule has 0 saturated carbocycles. The zero-order valence-corrected chi connectivity index (χ0v) is 6.00. The van der Waals surface area contributed by atoms with Crippen molar-refractivity contribution in [1.82, 2.24) is 0 Å². The Bertz CT molecular complexity index is 268. The molecule has 0 amide bonds. The zero-order chi connectivity index (χ0) is 8.27. The van der Waals surface area contributed by atoms with E-state index in [2.05, 4.69) is 0 Å². The van der Waals surface area contributed by atoms with E-state index in [0.29, 0.717) is 5.75 Å². The summed E-state index contributed by atoms with van der Waals surface area (Å²) in [4.78, 5) is 10.1. The zero-order valence-electron chi connectivity index (χ0n) is 6.00. The van der Waals surface area contributed by atoms with E-state index in [0.717, 1.165) is 0 Å². The lowest BCUT2D eigenvalue weighted by Gasteiger charge is -2.00. The molecule has 0 aliphatic heterocycles. The number of aromatic hydroxyl groups is 1. The van der Waals surface area contributed by atoms with Crippen LogP contribution in [-0.4, -0.2) is 18.5 Å². The van der Waals surface area contributed by atoms with Crippen molar-refractivity contribution in [2.45, 2.75) is 0 Å². The van der Waals surface area contributed by atoms with Gasteiger partial charge in [-0.25, -0.2) is 0 Å². The second-order valence-electron chi connectivity index (χ2n) is 1.99. The first-order valence-corrected chi connectivity index (χ1v) is 3.03. The first kappa shape index (κ1) is 7.60. The molecule has 57 valence electrons. The van der Waals surface area contributed by atoms with E-state index in [4.69, 9.17) is 9.84 Å². The van der Waals surface area contributed by atoms with Gasteiger partial charge in [-0.15, -0.1) is 0 Å². The van der Waals surface area contributed by atoms with Gasteiger partial charge in [0.2, 0.25) is 6.29 Å². The third kappa shape index (κ3) is 1.49. The van der Waals surface area contributed by atoms with Crippen LogP contribution in [0.5, 0.6) is 11.5 Å². The normalized spacial score (nSPS) is 9.18. The van der Waals surface area contributed by atoms with Crippen molar-refractivity contribution in [2.75, 3.05) is 7.11 Å². The van der Waals surface area contributed by atoms with Gasteiger partial charge >= 0.3 is 0 Å². The maximum atomic E-state index is 10.1. The Morgan fingerprint density at radius 3 is 2.73 bits per heavy atom. The van der Waals surface area contributed by atoms with Gasteiger partial charge in [0.25, 0.3) is 0 Å². The molecule has 11 heavy (non-hydrogen) atoms. The highest BCUT2D eigenvalue weighted by atomic mass is 16.5. The minimum absolute atomic E-state index is 0.112. The minimum Gasteiger partial charge on any atom is -0.507 e. The molecule has 0 atom stereocenters. The summed E-state index contributed by atoms with van der Waals surface area (Å²) in [6.07, 6.45) is 1.59. The van der Waals surface area contributed by atoms with Gasteiger partial charge < -0.3 is 9.84 Å². The maximum Gasteiger partial charge on any atom is 0.237 e. The number of hydrogen-bond acceptors (Lipinski definition) is 3. The molecule has 1 aromatic carbocycles. The number of hydrogen-bond donors (Lipinski definition) is 1. The number of ether oxygens (including phenoxy) is 1. The molecule has 0 saturated heterocycles. The predicted molar refractivity (Wildman–Crippen MR) is 39.5 cm³/mol. The van der Waals surface area contributed by atoms with Crippen LogP contribution in [0.15, 0.2) is 18.2 Å². The summed E-state index contributed by atoms with van der Waals surface area (Å²) >= 11 is 0. The molecule has 0 bridgehead atoms. The van der Waals surface area contributed by atoms with Gasteiger partial charge in [-0.05, 0) is 12.1 Å². The van der Waals surface area contributed by atoms with E-state index >= 15 is 0 Å². The van der Waals surface area contributed by atoms with Crippen molar-refractivity contribution >= 4 is 6.29 Å². The van der Waals surface area contributed by atoms with E-state index < -0.39 is 0 Å². The van der Waals surface area contributed by atoms with Gasteiger partial charge in [-0.2, -0.15) is 0 Å². The lowest BCUT2D eigenvalue weighted by molar-refractivity contribution is 0.407. The van der Waals surface area contributed by atoms with Crippen LogP contribution < -0.4 is 4.74 Å². The number of methoxy groups -OCH3 is 1. The van der Waals surface area contributed by atoms with Gasteiger partial charge in [0.1, 0.15) is 11.5 Å². The number of rotatable bonds is 2. The van der Waals surface area contributed by atoms with Crippen LogP contribution in [0.25, 0.3) is 0 Å². The van der Waals surface area contributed by atoms with E-state index in [-0.39, 0.29) is 11.3 Å². The molecule has 0 aromatic heterocycles. The van der Waals surface area contributed by atoms with Crippen LogP contribution in [0.2, 0.25) is 0 Å².